The lowest BCUT2D eigenvalue weighted by molar-refractivity contribution is -0.218. The summed E-state index contributed by atoms with van der Waals surface area (Å²) in [5.41, 5.74) is -0.672. The third-order valence-corrected chi connectivity index (χ3v) is 8.54. The van der Waals surface area contributed by atoms with Crippen molar-refractivity contribution in [1.82, 2.24) is 30.1 Å². The van der Waals surface area contributed by atoms with E-state index in [1.165, 1.54) is 19.2 Å². The number of carbonyl (C=O) groups is 3. The summed E-state index contributed by atoms with van der Waals surface area (Å²) in [5, 5.41) is 14.3. The highest BCUT2D eigenvalue weighted by molar-refractivity contribution is 7.80. The molecule has 5 rings (SSSR count). The zero-order valence-electron chi connectivity index (χ0n) is 27.5. The van der Waals surface area contributed by atoms with Crippen LogP contribution in [0.2, 0.25) is 0 Å². The molecular weight excluding hydrogens is 684 g/mol. The number of β-lactam (4-membered cyclic amide) rings is 1. The van der Waals surface area contributed by atoms with Gasteiger partial charge in [0.15, 0.2) is 17.5 Å². The lowest BCUT2D eigenvalue weighted by atomic mass is 9.84. The number of nitrogens with zero attached hydrogens (tertiary/aromatic N) is 5. The van der Waals surface area contributed by atoms with Crippen LogP contribution >= 0.6 is 11.3 Å². The molecule has 0 aromatic carbocycles. The number of ether oxygens (including phenoxy) is 2. The van der Waals surface area contributed by atoms with Gasteiger partial charge < -0.3 is 29.3 Å². The maximum absolute atomic E-state index is 13.4. The number of hydroxylamine groups is 2. The third kappa shape index (κ3) is 9.01. The van der Waals surface area contributed by atoms with Crippen LogP contribution in [0.1, 0.15) is 64.8 Å². The number of fused-ring (bicyclic) bond motifs is 1. The molecule has 0 bridgehead atoms. The van der Waals surface area contributed by atoms with Gasteiger partial charge in [-0.05, 0) is 66.1 Å². The second kappa shape index (κ2) is 14.2. The van der Waals surface area contributed by atoms with Gasteiger partial charge in [0.2, 0.25) is 0 Å². The van der Waals surface area contributed by atoms with Crippen LogP contribution in [-0.2, 0) is 33.8 Å². The number of nitrogens with one attached hydrogen (secondary N) is 3. The van der Waals surface area contributed by atoms with Crippen LogP contribution in [0.5, 0.6) is 5.75 Å². The molecule has 0 spiro atoms. The summed E-state index contributed by atoms with van der Waals surface area (Å²) < 4.78 is 48.7. The van der Waals surface area contributed by atoms with Crippen LogP contribution in [0.3, 0.4) is 0 Å². The Labute approximate surface area is 286 Å². The predicted octanol–water partition coefficient (Wildman–Crippen LogP) is 2.24. The maximum atomic E-state index is 13.4. The number of oxime groups is 1. The average Bonchev–Trinajstić information content (AvgIpc) is 3.66. The van der Waals surface area contributed by atoms with E-state index in [9.17, 15) is 22.8 Å². The van der Waals surface area contributed by atoms with Crippen molar-refractivity contribution in [2.75, 3.05) is 31.6 Å². The van der Waals surface area contributed by atoms with Crippen molar-refractivity contribution in [3.63, 3.8) is 0 Å². The van der Waals surface area contributed by atoms with Crippen molar-refractivity contribution >= 4 is 56.1 Å². The van der Waals surface area contributed by atoms with E-state index in [4.69, 9.17) is 23.8 Å². The number of rotatable bonds is 12. The molecular formula is C29H38N8O10S2. The largest absolute Gasteiger partial charge is 0.488 e. The maximum Gasteiger partial charge on any atom is 0.418 e. The molecule has 0 aliphatic carbocycles. The van der Waals surface area contributed by atoms with E-state index in [-0.39, 0.29) is 29.8 Å². The molecule has 49 heavy (non-hydrogen) atoms. The van der Waals surface area contributed by atoms with E-state index in [2.05, 4.69) is 30.4 Å². The molecule has 20 heteroatoms. The molecule has 2 saturated heterocycles. The first-order chi connectivity index (χ1) is 23.0. The molecule has 3 aromatic rings. The number of aromatic nitrogens is 3. The van der Waals surface area contributed by atoms with Gasteiger partial charge in [-0.1, -0.05) is 5.16 Å². The van der Waals surface area contributed by atoms with Gasteiger partial charge >= 0.3 is 16.5 Å². The Kier molecular flexibility index (Phi) is 10.4. The molecule has 18 nitrogen and oxygen atoms in total. The number of hydrogen-bond donors (Lipinski definition) is 4. The monoisotopic (exact) mass is 722 g/mol. The Morgan fingerprint density at radius 3 is 2.65 bits per heavy atom. The highest BCUT2D eigenvalue weighted by Gasteiger charge is 2.58. The first kappa shape index (κ1) is 35.9. The SMILES string of the molecule is CC(C)(C)OC(=O)Nc1nc(/C(=N/OCCOc2ccc3nc(C4CCCNC4)cn3c2)C(=O)NC2C(=O)N(OS(=O)(=O)O)C2(C)C)cs1. The fraction of sp³-hybridized carbons (Fsp3) is 0.517. The summed E-state index contributed by atoms with van der Waals surface area (Å²) in [7, 11) is -4.99. The van der Waals surface area contributed by atoms with Gasteiger partial charge in [0.1, 0.15) is 35.3 Å². The van der Waals surface area contributed by atoms with Gasteiger partial charge in [0.05, 0.1) is 17.4 Å². The Hall–Kier alpha value is -4.37. The summed E-state index contributed by atoms with van der Waals surface area (Å²) in [6, 6.07) is 2.38. The van der Waals surface area contributed by atoms with Gasteiger partial charge in [-0.15, -0.1) is 15.6 Å². The number of pyridine rings is 1. The van der Waals surface area contributed by atoms with Crippen LogP contribution < -0.4 is 20.7 Å². The molecule has 5 heterocycles. The molecule has 2 fully saturated rings. The number of amides is 3. The summed E-state index contributed by atoms with van der Waals surface area (Å²) in [6.45, 7) is 9.79. The van der Waals surface area contributed by atoms with E-state index in [1.54, 1.807) is 26.8 Å². The number of imidazole rings is 1. The van der Waals surface area contributed by atoms with Crippen molar-refractivity contribution in [2.45, 2.75) is 70.6 Å². The van der Waals surface area contributed by atoms with Crippen LogP contribution in [-0.4, -0.2) is 99.5 Å². The van der Waals surface area contributed by atoms with Crippen LogP contribution in [0, 0.1) is 0 Å². The smallest absolute Gasteiger partial charge is 0.418 e. The van der Waals surface area contributed by atoms with Gasteiger partial charge in [0.25, 0.3) is 11.8 Å². The van der Waals surface area contributed by atoms with Gasteiger partial charge in [-0.2, -0.15) is 13.5 Å². The molecule has 3 amide bonds. The summed E-state index contributed by atoms with van der Waals surface area (Å²) in [6.07, 6.45) is 5.23. The molecule has 2 aliphatic rings. The molecule has 266 valence electrons. The van der Waals surface area contributed by atoms with Gasteiger partial charge in [-0.3, -0.25) is 19.5 Å². The Morgan fingerprint density at radius 1 is 1.20 bits per heavy atom. The fourth-order valence-corrected chi connectivity index (χ4v) is 6.27. The zero-order valence-corrected chi connectivity index (χ0v) is 29.1. The minimum Gasteiger partial charge on any atom is -0.488 e. The van der Waals surface area contributed by atoms with E-state index < -0.39 is 45.5 Å². The lowest BCUT2D eigenvalue weighted by Gasteiger charge is -2.50. The van der Waals surface area contributed by atoms with Crippen molar-refractivity contribution in [2.24, 2.45) is 5.16 Å². The molecule has 2 unspecified atom stereocenters. The van der Waals surface area contributed by atoms with Crippen LogP contribution in [0.25, 0.3) is 5.65 Å². The molecule has 0 saturated carbocycles. The third-order valence-electron chi connectivity index (χ3n) is 7.45. The Bertz CT molecular complexity index is 1840. The quantitative estimate of drug-likeness (QED) is 0.0693. The Balaban J connectivity index is 1.25. The summed E-state index contributed by atoms with van der Waals surface area (Å²) in [4.78, 5) is 52.7. The van der Waals surface area contributed by atoms with Crippen molar-refractivity contribution in [1.29, 1.82) is 0 Å². The Morgan fingerprint density at radius 2 is 1.98 bits per heavy atom. The fourth-order valence-electron chi connectivity index (χ4n) is 5.14. The summed E-state index contributed by atoms with van der Waals surface area (Å²) in [5.74, 6) is -0.923. The second-order valence-electron chi connectivity index (χ2n) is 12.8. The van der Waals surface area contributed by atoms with Crippen molar-refractivity contribution < 1.29 is 45.9 Å². The zero-order chi connectivity index (χ0) is 35.6. The van der Waals surface area contributed by atoms with E-state index in [0.717, 1.165) is 48.6 Å². The van der Waals surface area contributed by atoms with E-state index in [1.807, 2.05) is 22.9 Å². The van der Waals surface area contributed by atoms with Crippen LogP contribution in [0.15, 0.2) is 35.1 Å². The highest BCUT2D eigenvalue weighted by Crippen LogP contribution is 2.33. The number of piperidine rings is 1. The molecule has 2 atom stereocenters. The number of anilines is 1. The minimum atomic E-state index is -4.99. The second-order valence-corrected chi connectivity index (χ2v) is 14.7. The highest BCUT2D eigenvalue weighted by atomic mass is 32.3. The average molecular weight is 723 g/mol. The number of hydrogen-bond acceptors (Lipinski definition) is 14. The molecule has 4 N–H and O–H groups in total. The summed E-state index contributed by atoms with van der Waals surface area (Å²) >= 11 is 0.983. The van der Waals surface area contributed by atoms with E-state index in [0.29, 0.717) is 16.7 Å². The minimum absolute atomic E-state index is 0.000345. The standard InChI is InChI=1S/C29H38N8O10S2/c1-28(2,3)46-27(40)34-26-32-20(16-48-26)22(24(38)33-23-25(39)37(29(23,4)5)47-49(41,42)43)35-45-12-11-44-18-8-9-21-31-19(15-36(21)14-18)17-7-6-10-30-13-17/h8-9,14-17,23,30H,6-7,10-13H2,1-5H3,(H,33,38)(H,32,34,40)(H,41,42,43)/b35-22-. The number of thiazole rings is 1. The predicted molar refractivity (Wildman–Crippen MR) is 175 cm³/mol. The van der Waals surface area contributed by atoms with Crippen molar-refractivity contribution in [3.8, 4) is 5.75 Å². The normalized spacial score (nSPS) is 19.7. The van der Waals surface area contributed by atoms with Crippen LogP contribution in [0.4, 0.5) is 9.93 Å². The first-order valence-corrected chi connectivity index (χ1v) is 17.5. The topological polar surface area (TPSA) is 224 Å². The molecule has 3 aromatic heterocycles. The van der Waals surface area contributed by atoms with Crippen molar-refractivity contribution in [3.05, 3.63) is 41.3 Å². The molecule has 0 radical (unpaired) electrons. The number of carbonyl (C=O) groups excluding carboxylic acids is 3. The lowest BCUT2D eigenvalue weighted by Crippen LogP contribution is -2.76. The van der Waals surface area contributed by atoms with Gasteiger partial charge in [-0.25, -0.2) is 14.8 Å². The van der Waals surface area contributed by atoms with Gasteiger partial charge in [0, 0.05) is 24.0 Å². The van der Waals surface area contributed by atoms with E-state index >= 15 is 0 Å². The molecule has 2 aliphatic heterocycles. The first-order valence-electron chi connectivity index (χ1n) is 15.3.